The number of nitrogens with zero attached hydrogens (tertiary/aromatic N) is 1. The maximum absolute atomic E-state index is 9.44. The molecule has 2 aliphatic heterocycles. The van der Waals surface area contributed by atoms with Crippen LogP contribution in [-0.4, -0.2) is 53.6 Å². The Bertz CT molecular complexity index is 200. The van der Waals surface area contributed by atoms with Crippen LogP contribution in [0.2, 0.25) is 0 Å². The first-order valence-electron chi connectivity index (χ1n) is 6.40. The average molecular weight is 214 g/mol. The number of quaternary nitrogens is 1. The quantitative estimate of drug-likeness (QED) is 0.681. The van der Waals surface area contributed by atoms with Crippen LogP contribution in [0.15, 0.2) is 0 Å². The van der Waals surface area contributed by atoms with Crippen molar-refractivity contribution in [3.63, 3.8) is 0 Å². The first kappa shape index (κ1) is 11.4. The number of aliphatic hydroxyl groups is 2. The summed E-state index contributed by atoms with van der Waals surface area (Å²) in [6.07, 6.45) is 6.28. The highest BCUT2D eigenvalue weighted by molar-refractivity contribution is 4.79. The summed E-state index contributed by atoms with van der Waals surface area (Å²) in [5.41, 5.74) is 0. The lowest BCUT2D eigenvalue weighted by atomic mass is 9.81. The molecular formula is C12H24NO2+. The highest BCUT2D eigenvalue weighted by atomic mass is 16.3. The fraction of sp³-hybridized carbons (Fsp3) is 1.00. The first-order chi connectivity index (χ1) is 7.32. The van der Waals surface area contributed by atoms with E-state index in [0.717, 1.165) is 11.0 Å². The minimum absolute atomic E-state index is 0.300. The smallest absolute Gasteiger partial charge is 0.102 e. The number of rotatable bonds is 3. The van der Waals surface area contributed by atoms with Crippen LogP contribution in [0, 0.1) is 5.92 Å². The lowest BCUT2D eigenvalue weighted by molar-refractivity contribution is -0.964. The Balaban J connectivity index is 2.13. The van der Waals surface area contributed by atoms with Gasteiger partial charge in [0.1, 0.15) is 6.54 Å². The predicted octanol–water partition coefficient (Wildman–Crippen LogP) is 0.750. The van der Waals surface area contributed by atoms with Gasteiger partial charge in [0.2, 0.25) is 0 Å². The topological polar surface area (TPSA) is 40.5 Å². The molecule has 3 atom stereocenters. The Hall–Kier alpha value is -0.120. The van der Waals surface area contributed by atoms with E-state index in [-0.39, 0.29) is 0 Å². The Morgan fingerprint density at radius 2 is 1.80 bits per heavy atom. The number of piperidine rings is 2. The lowest BCUT2D eigenvalue weighted by Gasteiger charge is -2.53. The fourth-order valence-corrected chi connectivity index (χ4v) is 3.84. The van der Waals surface area contributed by atoms with Crippen molar-refractivity contribution < 1.29 is 14.7 Å². The van der Waals surface area contributed by atoms with Crippen LogP contribution in [0.1, 0.15) is 32.1 Å². The van der Waals surface area contributed by atoms with Crippen LogP contribution in [0.5, 0.6) is 0 Å². The molecule has 0 spiro atoms. The van der Waals surface area contributed by atoms with Gasteiger partial charge in [-0.1, -0.05) is 0 Å². The summed E-state index contributed by atoms with van der Waals surface area (Å²) in [6, 6.07) is 0.629. The number of fused-ring (bicyclic) bond motifs is 1. The van der Waals surface area contributed by atoms with E-state index in [4.69, 9.17) is 0 Å². The molecule has 2 aliphatic rings. The Labute approximate surface area is 92.3 Å². The van der Waals surface area contributed by atoms with Gasteiger partial charge in [0.25, 0.3) is 0 Å². The molecule has 0 aliphatic carbocycles. The molecule has 3 nitrogen and oxygen atoms in total. The van der Waals surface area contributed by atoms with E-state index in [0.29, 0.717) is 25.2 Å². The molecule has 0 amide bonds. The predicted molar refractivity (Wildman–Crippen MR) is 59.4 cm³/mol. The molecule has 0 aromatic heterocycles. The van der Waals surface area contributed by atoms with Crippen molar-refractivity contribution in [2.24, 2.45) is 5.92 Å². The third-order valence-electron chi connectivity index (χ3n) is 4.56. The molecule has 15 heavy (non-hydrogen) atoms. The van der Waals surface area contributed by atoms with Crippen molar-refractivity contribution in [3.8, 4) is 0 Å². The maximum atomic E-state index is 9.44. The van der Waals surface area contributed by atoms with Gasteiger partial charge in [-0.15, -0.1) is 0 Å². The molecule has 88 valence electrons. The van der Waals surface area contributed by atoms with Crippen LogP contribution in [0.25, 0.3) is 0 Å². The van der Waals surface area contributed by atoms with Gasteiger partial charge < -0.3 is 14.7 Å². The average Bonchev–Trinajstić information content (AvgIpc) is 2.28. The second-order valence-corrected chi connectivity index (χ2v) is 5.26. The van der Waals surface area contributed by atoms with Crippen molar-refractivity contribution in [1.29, 1.82) is 0 Å². The zero-order valence-electron chi connectivity index (χ0n) is 9.57. The number of hydrogen-bond acceptors (Lipinski definition) is 2. The molecule has 0 bridgehead atoms. The van der Waals surface area contributed by atoms with Gasteiger partial charge in [0.05, 0.1) is 32.3 Å². The summed E-state index contributed by atoms with van der Waals surface area (Å²) < 4.78 is 1.10. The van der Waals surface area contributed by atoms with Crippen LogP contribution in [-0.2, 0) is 0 Å². The molecule has 0 saturated carbocycles. The molecule has 3 heteroatoms. The van der Waals surface area contributed by atoms with Crippen molar-refractivity contribution in [3.05, 3.63) is 0 Å². The van der Waals surface area contributed by atoms with Crippen molar-refractivity contribution in [2.75, 3.05) is 32.8 Å². The van der Waals surface area contributed by atoms with E-state index in [1.165, 1.54) is 45.2 Å². The van der Waals surface area contributed by atoms with E-state index in [1.807, 2.05) is 0 Å². The molecule has 2 unspecified atom stereocenters. The lowest BCUT2D eigenvalue weighted by Crippen LogP contribution is -2.64. The fourth-order valence-electron chi connectivity index (χ4n) is 3.84. The van der Waals surface area contributed by atoms with Crippen LogP contribution >= 0.6 is 0 Å². The Morgan fingerprint density at radius 3 is 2.53 bits per heavy atom. The summed E-state index contributed by atoms with van der Waals surface area (Å²) in [7, 11) is 0. The minimum atomic E-state index is 0.300. The van der Waals surface area contributed by atoms with Gasteiger partial charge in [-0.25, -0.2) is 0 Å². The van der Waals surface area contributed by atoms with Gasteiger partial charge >= 0.3 is 0 Å². The van der Waals surface area contributed by atoms with E-state index in [2.05, 4.69) is 0 Å². The summed E-state index contributed by atoms with van der Waals surface area (Å²) in [6.45, 7) is 4.00. The second-order valence-electron chi connectivity index (χ2n) is 5.26. The summed E-state index contributed by atoms with van der Waals surface area (Å²) >= 11 is 0. The maximum Gasteiger partial charge on any atom is 0.102 e. The van der Waals surface area contributed by atoms with E-state index in [9.17, 15) is 10.2 Å². The van der Waals surface area contributed by atoms with Crippen molar-refractivity contribution in [1.82, 2.24) is 0 Å². The normalized spacial score (nSPS) is 41.2. The van der Waals surface area contributed by atoms with E-state index >= 15 is 0 Å². The van der Waals surface area contributed by atoms with Crippen molar-refractivity contribution in [2.45, 2.75) is 38.1 Å². The van der Waals surface area contributed by atoms with Crippen LogP contribution < -0.4 is 0 Å². The zero-order valence-corrected chi connectivity index (χ0v) is 9.57. The highest BCUT2D eigenvalue weighted by Crippen LogP contribution is 2.36. The number of aliphatic hydroxyl groups excluding tert-OH is 2. The third kappa shape index (κ3) is 2.05. The molecular weight excluding hydrogens is 190 g/mol. The molecule has 2 saturated heterocycles. The van der Waals surface area contributed by atoms with Crippen molar-refractivity contribution >= 4 is 0 Å². The Morgan fingerprint density at radius 1 is 1.00 bits per heavy atom. The standard InChI is InChI=1S/C12H24NO2/c14-9-8-13-6-2-1-5-12(13)11(10-15)4-3-7-13/h11-12,14-15H,1-10H2/q+1/t11-,12?,13?/m0/s1. The molecule has 2 heterocycles. The SMILES string of the molecule is OCC[N+]12CCCCC1[C@H](CO)CCC2. The van der Waals surface area contributed by atoms with Gasteiger partial charge in [-0.3, -0.25) is 0 Å². The summed E-state index contributed by atoms with van der Waals surface area (Å²) in [4.78, 5) is 0. The van der Waals surface area contributed by atoms with Crippen LogP contribution in [0.4, 0.5) is 0 Å². The number of hydrogen-bond donors (Lipinski definition) is 2. The summed E-state index contributed by atoms with van der Waals surface area (Å²) in [5.74, 6) is 0.491. The second kappa shape index (κ2) is 4.81. The van der Waals surface area contributed by atoms with Gasteiger partial charge in [0.15, 0.2) is 0 Å². The minimum Gasteiger partial charge on any atom is -0.396 e. The molecule has 2 N–H and O–H groups in total. The highest BCUT2D eigenvalue weighted by Gasteiger charge is 2.45. The van der Waals surface area contributed by atoms with Gasteiger partial charge in [-0.05, 0) is 25.7 Å². The summed E-state index contributed by atoms with van der Waals surface area (Å²) in [5, 5.41) is 18.7. The van der Waals surface area contributed by atoms with E-state index in [1.54, 1.807) is 0 Å². The van der Waals surface area contributed by atoms with Gasteiger partial charge in [0, 0.05) is 12.3 Å². The largest absolute Gasteiger partial charge is 0.396 e. The van der Waals surface area contributed by atoms with Crippen LogP contribution in [0.3, 0.4) is 0 Å². The molecule has 0 aromatic carbocycles. The first-order valence-corrected chi connectivity index (χ1v) is 6.40. The Kier molecular flexibility index (Phi) is 3.65. The molecule has 0 radical (unpaired) electrons. The monoisotopic (exact) mass is 214 g/mol. The molecule has 2 rings (SSSR count). The molecule has 0 aromatic rings. The van der Waals surface area contributed by atoms with Gasteiger partial charge in [-0.2, -0.15) is 0 Å². The molecule has 2 fully saturated rings. The van der Waals surface area contributed by atoms with E-state index < -0.39 is 0 Å². The zero-order chi connectivity index (χ0) is 10.7. The third-order valence-corrected chi connectivity index (χ3v) is 4.56.